The Bertz CT molecular complexity index is 278. The molecule has 0 saturated heterocycles. The Kier molecular flexibility index (Phi) is 4.82. The highest BCUT2D eigenvalue weighted by Crippen LogP contribution is 2.20. The molecule has 1 aliphatic rings. The molecule has 0 aromatic carbocycles. The van der Waals surface area contributed by atoms with Gasteiger partial charge >= 0.3 is 0 Å². The third-order valence-electron chi connectivity index (χ3n) is 3.43. The summed E-state index contributed by atoms with van der Waals surface area (Å²) in [5, 5.41) is 8.05. The lowest BCUT2D eigenvalue weighted by molar-refractivity contribution is 0.0626. The van der Waals surface area contributed by atoms with E-state index >= 15 is 0 Å². The van der Waals surface area contributed by atoms with Crippen molar-refractivity contribution in [2.45, 2.75) is 44.2 Å². The smallest absolute Gasteiger partial charge is 0.0572 e. The van der Waals surface area contributed by atoms with Crippen LogP contribution in [0.2, 0.25) is 0 Å². The fraction of sp³-hybridized carbons (Fsp3) is 0.692. The zero-order valence-electron chi connectivity index (χ0n) is 9.95. The molecule has 0 spiro atoms. The maximum absolute atomic E-state index is 5.38. The highest BCUT2D eigenvalue weighted by Gasteiger charge is 2.19. The van der Waals surface area contributed by atoms with Crippen LogP contribution in [0.4, 0.5) is 0 Å². The second-order valence-electron chi connectivity index (χ2n) is 4.55. The van der Waals surface area contributed by atoms with Gasteiger partial charge in [-0.05, 0) is 61.0 Å². The first kappa shape index (κ1) is 12.1. The molecule has 2 nitrogen and oxygen atoms in total. The first-order valence-electron chi connectivity index (χ1n) is 6.15. The van der Waals surface area contributed by atoms with Crippen LogP contribution in [0.25, 0.3) is 0 Å². The molecule has 16 heavy (non-hydrogen) atoms. The first-order valence-corrected chi connectivity index (χ1v) is 7.10. The summed E-state index contributed by atoms with van der Waals surface area (Å²) in [7, 11) is 1.83. The van der Waals surface area contributed by atoms with Crippen LogP contribution in [0.3, 0.4) is 0 Å². The average molecular weight is 239 g/mol. The number of ether oxygens (including phenoxy) is 1. The Hall–Kier alpha value is -0.380. The molecule has 1 aromatic rings. The van der Waals surface area contributed by atoms with Crippen LogP contribution >= 0.6 is 11.3 Å². The summed E-state index contributed by atoms with van der Waals surface area (Å²) < 4.78 is 5.38. The molecule has 0 bridgehead atoms. The van der Waals surface area contributed by atoms with Crippen LogP contribution < -0.4 is 5.32 Å². The lowest BCUT2D eigenvalue weighted by Crippen LogP contribution is -2.36. The highest BCUT2D eigenvalue weighted by molar-refractivity contribution is 7.07. The van der Waals surface area contributed by atoms with E-state index < -0.39 is 0 Å². The molecule has 0 amide bonds. The van der Waals surface area contributed by atoms with Crippen molar-refractivity contribution in [1.29, 1.82) is 0 Å². The van der Waals surface area contributed by atoms with Crippen LogP contribution in [-0.2, 0) is 11.2 Å². The molecular formula is C13H21NOS. The summed E-state index contributed by atoms with van der Waals surface area (Å²) in [5.74, 6) is 0. The summed E-state index contributed by atoms with van der Waals surface area (Å²) in [6.45, 7) is 1.11. The van der Waals surface area contributed by atoms with Gasteiger partial charge in [0, 0.05) is 13.2 Å². The minimum Gasteiger partial charge on any atom is -0.381 e. The van der Waals surface area contributed by atoms with Gasteiger partial charge in [0.15, 0.2) is 0 Å². The normalized spacial score (nSPS) is 25.8. The van der Waals surface area contributed by atoms with Gasteiger partial charge in [0.25, 0.3) is 0 Å². The molecule has 1 aromatic heterocycles. The monoisotopic (exact) mass is 239 g/mol. The van der Waals surface area contributed by atoms with E-state index in [1.807, 2.05) is 7.11 Å². The van der Waals surface area contributed by atoms with Gasteiger partial charge in [-0.1, -0.05) is 0 Å². The number of rotatable bonds is 5. The largest absolute Gasteiger partial charge is 0.381 e. The molecule has 0 atom stereocenters. The topological polar surface area (TPSA) is 21.3 Å². The lowest BCUT2D eigenvalue weighted by atomic mass is 9.93. The van der Waals surface area contributed by atoms with Crippen molar-refractivity contribution in [3.63, 3.8) is 0 Å². The number of hydrogen-bond donors (Lipinski definition) is 1. The van der Waals surface area contributed by atoms with Gasteiger partial charge in [-0.25, -0.2) is 0 Å². The van der Waals surface area contributed by atoms with Crippen LogP contribution in [0.1, 0.15) is 31.2 Å². The number of hydrogen-bond acceptors (Lipinski definition) is 3. The molecule has 90 valence electrons. The van der Waals surface area contributed by atoms with Gasteiger partial charge in [0.1, 0.15) is 0 Å². The summed E-state index contributed by atoms with van der Waals surface area (Å²) >= 11 is 1.78. The molecule has 1 saturated carbocycles. The van der Waals surface area contributed by atoms with E-state index in [9.17, 15) is 0 Å². The van der Waals surface area contributed by atoms with Crippen LogP contribution in [-0.4, -0.2) is 25.8 Å². The van der Waals surface area contributed by atoms with E-state index in [1.54, 1.807) is 11.3 Å². The van der Waals surface area contributed by atoms with Crippen LogP contribution in [0.5, 0.6) is 0 Å². The summed E-state index contributed by atoms with van der Waals surface area (Å²) in [6.07, 6.45) is 6.63. The predicted octanol–water partition coefficient (Wildman–Crippen LogP) is 2.84. The zero-order chi connectivity index (χ0) is 11.2. The molecule has 1 N–H and O–H groups in total. The molecule has 1 fully saturated rings. The van der Waals surface area contributed by atoms with E-state index in [0.29, 0.717) is 12.1 Å². The Morgan fingerprint density at radius 2 is 2.19 bits per heavy atom. The lowest BCUT2D eigenvalue weighted by Gasteiger charge is -2.28. The molecule has 1 heterocycles. The summed E-state index contributed by atoms with van der Waals surface area (Å²) in [5.41, 5.74) is 1.46. The standard InChI is InChI=1S/C13H21NOS/c1-15-13-4-2-12(3-5-13)14-8-6-11-7-9-16-10-11/h7,9-10,12-14H,2-6,8H2,1H3. The van der Waals surface area contributed by atoms with Crippen molar-refractivity contribution >= 4 is 11.3 Å². The molecule has 1 aliphatic carbocycles. The molecule has 0 unspecified atom stereocenters. The van der Waals surface area contributed by atoms with Gasteiger partial charge in [-0.2, -0.15) is 11.3 Å². The number of thiophene rings is 1. The molecule has 0 aliphatic heterocycles. The molecule has 2 rings (SSSR count). The van der Waals surface area contributed by atoms with Crippen molar-refractivity contribution in [2.75, 3.05) is 13.7 Å². The number of nitrogens with one attached hydrogen (secondary N) is 1. The van der Waals surface area contributed by atoms with Crippen molar-refractivity contribution in [3.05, 3.63) is 22.4 Å². The maximum atomic E-state index is 5.38. The van der Waals surface area contributed by atoms with Crippen molar-refractivity contribution in [3.8, 4) is 0 Å². The van der Waals surface area contributed by atoms with E-state index in [1.165, 1.54) is 31.2 Å². The van der Waals surface area contributed by atoms with Crippen molar-refractivity contribution < 1.29 is 4.74 Å². The summed E-state index contributed by atoms with van der Waals surface area (Å²) in [4.78, 5) is 0. The Balaban J connectivity index is 1.60. The molecular weight excluding hydrogens is 218 g/mol. The summed E-state index contributed by atoms with van der Waals surface area (Å²) in [6, 6.07) is 2.93. The van der Waals surface area contributed by atoms with E-state index in [4.69, 9.17) is 4.74 Å². The van der Waals surface area contributed by atoms with Gasteiger partial charge < -0.3 is 10.1 Å². The SMILES string of the molecule is COC1CCC(NCCc2ccsc2)CC1. The third kappa shape index (κ3) is 3.58. The third-order valence-corrected chi connectivity index (χ3v) is 4.17. The fourth-order valence-corrected chi connectivity index (χ4v) is 3.06. The van der Waals surface area contributed by atoms with E-state index in [2.05, 4.69) is 22.1 Å². The van der Waals surface area contributed by atoms with Gasteiger partial charge in [0.05, 0.1) is 6.10 Å². The number of methoxy groups -OCH3 is 1. The quantitative estimate of drug-likeness (QED) is 0.853. The van der Waals surface area contributed by atoms with Crippen LogP contribution in [0.15, 0.2) is 16.8 Å². The van der Waals surface area contributed by atoms with Gasteiger partial charge in [-0.15, -0.1) is 0 Å². The minimum absolute atomic E-state index is 0.509. The van der Waals surface area contributed by atoms with E-state index in [-0.39, 0.29) is 0 Å². The van der Waals surface area contributed by atoms with Crippen molar-refractivity contribution in [2.24, 2.45) is 0 Å². The van der Waals surface area contributed by atoms with Crippen molar-refractivity contribution in [1.82, 2.24) is 5.32 Å². The minimum atomic E-state index is 0.509. The Morgan fingerprint density at radius 3 is 2.81 bits per heavy atom. The highest BCUT2D eigenvalue weighted by atomic mass is 32.1. The Labute approximate surface area is 102 Å². The maximum Gasteiger partial charge on any atom is 0.0572 e. The Morgan fingerprint density at radius 1 is 1.38 bits per heavy atom. The van der Waals surface area contributed by atoms with Gasteiger partial charge in [-0.3, -0.25) is 0 Å². The van der Waals surface area contributed by atoms with E-state index in [0.717, 1.165) is 13.0 Å². The zero-order valence-corrected chi connectivity index (χ0v) is 10.8. The van der Waals surface area contributed by atoms with Gasteiger partial charge in [0.2, 0.25) is 0 Å². The molecule has 3 heteroatoms. The first-order chi connectivity index (χ1) is 7.88. The fourth-order valence-electron chi connectivity index (χ4n) is 2.36. The average Bonchev–Trinajstić information content (AvgIpc) is 2.83. The predicted molar refractivity (Wildman–Crippen MR) is 69.1 cm³/mol. The second kappa shape index (κ2) is 6.38. The molecule has 0 radical (unpaired) electrons. The van der Waals surface area contributed by atoms with Crippen LogP contribution in [0, 0.1) is 0 Å². The second-order valence-corrected chi connectivity index (χ2v) is 5.33.